The Morgan fingerprint density at radius 2 is 1.56 bits per heavy atom. The van der Waals surface area contributed by atoms with Crippen molar-refractivity contribution in [3.8, 4) is 5.69 Å². The zero-order valence-corrected chi connectivity index (χ0v) is 20.0. The van der Waals surface area contributed by atoms with Crippen molar-refractivity contribution in [2.24, 2.45) is 0 Å². The van der Waals surface area contributed by atoms with Gasteiger partial charge in [-0.1, -0.05) is 51.1 Å². The van der Waals surface area contributed by atoms with Gasteiger partial charge in [-0.2, -0.15) is 0 Å². The Morgan fingerprint density at radius 3 is 2.19 bits per heavy atom. The van der Waals surface area contributed by atoms with Crippen molar-refractivity contribution in [1.82, 2.24) is 4.57 Å². The highest BCUT2D eigenvalue weighted by molar-refractivity contribution is 6.05. The lowest BCUT2D eigenvalue weighted by Gasteiger charge is -2.19. The fourth-order valence-corrected chi connectivity index (χ4v) is 4.13. The van der Waals surface area contributed by atoms with Crippen LogP contribution in [0.5, 0.6) is 0 Å². The van der Waals surface area contributed by atoms with E-state index in [-0.39, 0.29) is 11.4 Å². The van der Waals surface area contributed by atoms with E-state index in [1.165, 1.54) is 16.7 Å². The van der Waals surface area contributed by atoms with Gasteiger partial charge in [-0.3, -0.25) is 0 Å². The van der Waals surface area contributed by atoms with Crippen LogP contribution >= 0.6 is 0 Å². The summed E-state index contributed by atoms with van der Waals surface area (Å²) in [6.07, 6.45) is 3.77. The molecule has 0 atom stereocenters. The number of nitrogens with zero attached hydrogens (tertiary/aromatic N) is 1. The predicted octanol–water partition coefficient (Wildman–Crippen LogP) is 6.99. The molecule has 164 valence electrons. The van der Waals surface area contributed by atoms with Gasteiger partial charge in [0.05, 0.1) is 5.57 Å². The smallest absolute Gasteiger partial charge is 0.343 e. The fraction of sp³-hybridized carbons (Fsp3) is 0.276. The summed E-state index contributed by atoms with van der Waals surface area (Å²) in [6.45, 7) is 15.0. The van der Waals surface area contributed by atoms with Crippen molar-refractivity contribution in [2.75, 3.05) is 0 Å². The Kier molecular flexibility index (Phi) is 5.46. The second-order valence-corrected chi connectivity index (χ2v) is 9.76. The van der Waals surface area contributed by atoms with Crippen LogP contribution in [0, 0.1) is 27.7 Å². The number of ether oxygens (including phenoxy) is 1. The molecule has 0 amide bonds. The average Bonchev–Trinajstić information content (AvgIpc) is 3.23. The van der Waals surface area contributed by atoms with E-state index in [1.807, 2.05) is 24.3 Å². The molecule has 2 heterocycles. The van der Waals surface area contributed by atoms with E-state index in [1.54, 1.807) is 0 Å². The Bertz CT molecular complexity index is 1260. The van der Waals surface area contributed by atoms with Crippen molar-refractivity contribution in [1.29, 1.82) is 0 Å². The van der Waals surface area contributed by atoms with E-state index in [4.69, 9.17) is 4.74 Å². The first-order chi connectivity index (χ1) is 15.0. The van der Waals surface area contributed by atoms with E-state index in [9.17, 15) is 4.79 Å². The van der Waals surface area contributed by atoms with Gasteiger partial charge in [0.2, 0.25) is 0 Å². The molecule has 3 aromatic rings. The number of carbonyl (C=O) groups excluding carboxylic acids is 1. The zero-order valence-electron chi connectivity index (χ0n) is 20.0. The minimum absolute atomic E-state index is 0.0862. The van der Waals surface area contributed by atoms with Gasteiger partial charge in [-0.15, -0.1) is 0 Å². The van der Waals surface area contributed by atoms with Gasteiger partial charge >= 0.3 is 5.97 Å². The van der Waals surface area contributed by atoms with Crippen LogP contribution in [0.4, 0.5) is 0 Å². The van der Waals surface area contributed by atoms with Gasteiger partial charge < -0.3 is 9.30 Å². The first kappa shape index (κ1) is 21.9. The Balaban J connectivity index is 1.67. The summed E-state index contributed by atoms with van der Waals surface area (Å²) < 4.78 is 7.83. The van der Waals surface area contributed by atoms with Crippen LogP contribution in [0.25, 0.3) is 17.5 Å². The van der Waals surface area contributed by atoms with Gasteiger partial charge in [-0.05, 0) is 85.7 Å². The molecule has 1 aliphatic heterocycles. The van der Waals surface area contributed by atoms with Crippen LogP contribution in [-0.4, -0.2) is 10.5 Å². The average molecular weight is 426 g/mol. The molecule has 0 aliphatic carbocycles. The van der Waals surface area contributed by atoms with Crippen LogP contribution in [-0.2, 0) is 14.9 Å². The number of aromatic nitrogens is 1. The number of benzene rings is 2. The zero-order chi connectivity index (χ0) is 23.2. The molecule has 0 saturated heterocycles. The fourth-order valence-electron chi connectivity index (χ4n) is 4.13. The summed E-state index contributed by atoms with van der Waals surface area (Å²) in [5.41, 5.74) is 9.75. The molecule has 4 rings (SSSR count). The molecule has 0 N–H and O–H groups in total. The second-order valence-electron chi connectivity index (χ2n) is 9.76. The number of hydrogen-bond donors (Lipinski definition) is 0. The van der Waals surface area contributed by atoms with Crippen molar-refractivity contribution < 1.29 is 9.53 Å². The van der Waals surface area contributed by atoms with E-state index >= 15 is 0 Å². The molecule has 2 aromatic carbocycles. The van der Waals surface area contributed by atoms with Gasteiger partial charge in [0.15, 0.2) is 0 Å². The Hall–Kier alpha value is -3.33. The number of hydrogen-bond acceptors (Lipinski definition) is 2. The van der Waals surface area contributed by atoms with Crippen LogP contribution in [0.1, 0.15) is 60.0 Å². The standard InChI is InChI=1S/C29H31NO2/c1-18-8-13-26(14-19(18)2)30-20(3)15-23(21(30)4)16-24-17-27(32-28(24)31)22-9-11-25(12-10-22)29(5,6)7/h8-17H,1-7H3/b24-16+. The molecule has 3 nitrogen and oxygen atoms in total. The third-order valence-electron chi connectivity index (χ3n) is 6.29. The largest absolute Gasteiger partial charge is 0.422 e. The van der Waals surface area contributed by atoms with E-state index < -0.39 is 0 Å². The maximum atomic E-state index is 12.6. The summed E-state index contributed by atoms with van der Waals surface area (Å²) in [5.74, 6) is 0.292. The summed E-state index contributed by atoms with van der Waals surface area (Å²) >= 11 is 0. The quantitative estimate of drug-likeness (QED) is 0.334. The lowest BCUT2D eigenvalue weighted by Crippen LogP contribution is -2.10. The lowest BCUT2D eigenvalue weighted by atomic mass is 9.86. The minimum atomic E-state index is -0.309. The molecule has 3 heteroatoms. The van der Waals surface area contributed by atoms with E-state index in [0.717, 1.165) is 28.2 Å². The summed E-state index contributed by atoms with van der Waals surface area (Å²) in [7, 11) is 0. The van der Waals surface area contributed by atoms with Crippen molar-refractivity contribution in [3.05, 3.63) is 99.4 Å². The molecule has 0 saturated carbocycles. The highest BCUT2D eigenvalue weighted by Crippen LogP contribution is 2.31. The Labute approximate surface area is 191 Å². The summed E-state index contributed by atoms with van der Waals surface area (Å²) in [6, 6.07) is 16.9. The molecular weight excluding hydrogens is 394 g/mol. The first-order valence-electron chi connectivity index (χ1n) is 11.1. The molecule has 0 radical (unpaired) electrons. The van der Waals surface area contributed by atoms with E-state index in [2.05, 4.69) is 89.4 Å². The monoisotopic (exact) mass is 425 g/mol. The summed E-state index contributed by atoms with van der Waals surface area (Å²) in [4.78, 5) is 12.6. The Morgan fingerprint density at radius 1 is 0.875 bits per heavy atom. The molecular formula is C29H31NO2. The van der Waals surface area contributed by atoms with Crippen LogP contribution in [0.15, 0.2) is 60.2 Å². The third kappa shape index (κ3) is 4.08. The normalized spacial score (nSPS) is 15.3. The molecule has 0 spiro atoms. The van der Waals surface area contributed by atoms with Crippen molar-refractivity contribution in [2.45, 2.75) is 53.9 Å². The van der Waals surface area contributed by atoms with Gasteiger partial charge in [0, 0.05) is 22.6 Å². The molecule has 0 fully saturated rings. The van der Waals surface area contributed by atoms with Crippen LogP contribution in [0.3, 0.4) is 0 Å². The summed E-state index contributed by atoms with van der Waals surface area (Å²) in [5, 5.41) is 0. The maximum absolute atomic E-state index is 12.6. The van der Waals surface area contributed by atoms with E-state index in [0.29, 0.717) is 11.3 Å². The topological polar surface area (TPSA) is 31.2 Å². The third-order valence-corrected chi connectivity index (χ3v) is 6.29. The molecule has 0 bridgehead atoms. The number of cyclic esters (lactones) is 1. The molecule has 1 aromatic heterocycles. The van der Waals surface area contributed by atoms with Gasteiger partial charge in [0.1, 0.15) is 5.76 Å². The predicted molar refractivity (Wildman–Crippen MR) is 132 cm³/mol. The SMILES string of the molecule is Cc1ccc(-n2c(C)cc(/C=C3\C=C(c4ccc(C(C)(C)C)cc4)OC3=O)c2C)cc1C. The molecule has 32 heavy (non-hydrogen) atoms. The van der Waals surface area contributed by atoms with Gasteiger partial charge in [-0.25, -0.2) is 4.79 Å². The number of aryl methyl sites for hydroxylation is 3. The lowest BCUT2D eigenvalue weighted by molar-refractivity contribution is -0.130. The highest BCUT2D eigenvalue weighted by atomic mass is 16.5. The van der Waals surface area contributed by atoms with Crippen molar-refractivity contribution >= 4 is 17.8 Å². The maximum Gasteiger partial charge on any atom is 0.343 e. The van der Waals surface area contributed by atoms with Gasteiger partial charge in [0.25, 0.3) is 0 Å². The highest BCUT2D eigenvalue weighted by Gasteiger charge is 2.23. The number of carbonyl (C=O) groups is 1. The molecule has 1 aliphatic rings. The van der Waals surface area contributed by atoms with Crippen molar-refractivity contribution in [3.63, 3.8) is 0 Å². The number of rotatable bonds is 3. The first-order valence-corrected chi connectivity index (χ1v) is 11.1. The number of esters is 1. The minimum Gasteiger partial charge on any atom is -0.422 e. The molecule has 0 unspecified atom stereocenters. The van der Waals surface area contributed by atoms with Crippen LogP contribution in [0.2, 0.25) is 0 Å². The second kappa shape index (κ2) is 7.98. The van der Waals surface area contributed by atoms with Crippen LogP contribution < -0.4 is 0 Å².